The molecule has 9 heteroatoms. The number of nitrogens with zero attached hydrogens (tertiary/aromatic N) is 5. The van der Waals surface area contributed by atoms with Gasteiger partial charge in [0.05, 0.1) is 23.9 Å². The van der Waals surface area contributed by atoms with Crippen LogP contribution in [-0.2, 0) is 7.05 Å². The van der Waals surface area contributed by atoms with E-state index < -0.39 is 11.6 Å². The standard InChI is InChI=1S/C24H26F2N6O/c1-3-27-23-11-21-19(13-28-23)24(15-12-29-31(2)14-15)30-32(21)17-5-7-18(8-6-17)33-22-9-4-16(25)10-20(22)26/h4,9-14,17-18H,3,5-8H2,1-2H3,(H,27,28)/t17-,18+. The fourth-order valence-corrected chi connectivity index (χ4v) is 4.50. The highest BCUT2D eigenvalue weighted by Crippen LogP contribution is 2.36. The summed E-state index contributed by atoms with van der Waals surface area (Å²) in [5, 5.41) is 13.5. The van der Waals surface area contributed by atoms with E-state index in [4.69, 9.17) is 9.84 Å². The van der Waals surface area contributed by atoms with Crippen molar-refractivity contribution in [3.8, 4) is 17.0 Å². The molecule has 1 aromatic carbocycles. The number of aryl methyl sites for hydroxylation is 1. The lowest BCUT2D eigenvalue weighted by molar-refractivity contribution is 0.126. The van der Waals surface area contributed by atoms with Gasteiger partial charge in [-0.2, -0.15) is 10.2 Å². The zero-order valence-corrected chi connectivity index (χ0v) is 18.6. The van der Waals surface area contributed by atoms with Crippen molar-refractivity contribution in [1.82, 2.24) is 24.5 Å². The Bertz CT molecular complexity index is 1280. The van der Waals surface area contributed by atoms with Crippen LogP contribution in [0.25, 0.3) is 22.2 Å². The second-order valence-corrected chi connectivity index (χ2v) is 8.44. The Morgan fingerprint density at radius 3 is 2.64 bits per heavy atom. The van der Waals surface area contributed by atoms with Crippen LogP contribution < -0.4 is 10.1 Å². The molecule has 0 radical (unpaired) electrons. The minimum atomic E-state index is -0.667. The van der Waals surface area contributed by atoms with E-state index in [1.807, 2.05) is 38.6 Å². The molecule has 0 atom stereocenters. The minimum absolute atomic E-state index is 0.101. The number of anilines is 1. The van der Waals surface area contributed by atoms with Gasteiger partial charge in [0.2, 0.25) is 0 Å². The zero-order chi connectivity index (χ0) is 22.9. The number of nitrogens with one attached hydrogen (secondary N) is 1. The van der Waals surface area contributed by atoms with Crippen molar-refractivity contribution < 1.29 is 13.5 Å². The summed E-state index contributed by atoms with van der Waals surface area (Å²) in [6.45, 7) is 2.82. The van der Waals surface area contributed by atoms with Crippen LogP contribution in [0, 0.1) is 11.6 Å². The molecule has 5 rings (SSSR count). The van der Waals surface area contributed by atoms with Gasteiger partial charge >= 0.3 is 0 Å². The lowest BCUT2D eigenvalue weighted by atomic mass is 9.93. The van der Waals surface area contributed by atoms with Gasteiger partial charge in [0.25, 0.3) is 0 Å². The van der Waals surface area contributed by atoms with Crippen LogP contribution in [0.1, 0.15) is 38.6 Å². The molecule has 1 fully saturated rings. The number of halogens is 2. The highest BCUT2D eigenvalue weighted by atomic mass is 19.1. The number of ether oxygens (including phenoxy) is 1. The van der Waals surface area contributed by atoms with Gasteiger partial charge in [0.1, 0.15) is 17.3 Å². The van der Waals surface area contributed by atoms with Crippen LogP contribution in [-0.4, -0.2) is 37.2 Å². The van der Waals surface area contributed by atoms with Crippen molar-refractivity contribution >= 4 is 16.7 Å². The van der Waals surface area contributed by atoms with Crippen LogP contribution in [0.15, 0.2) is 42.9 Å². The number of hydrogen-bond donors (Lipinski definition) is 1. The molecule has 0 bridgehead atoms. The largest absolute Gasteiger partial charge is 0.487 e. The van der Waals surface area contributed by atoms with E-state index in [0.29, 0.717) is 0 Å². The summed E-state index contributed by atoms with van der Waals surface area (Å²) in [5.41, 5.74) is 2.83. The van der Waals surface area contributed by atoms with E-state index in [1.165, 1.54) is 12.1 Å². The summed E-state index contributed by atoms with van der Waals surface area (Å²) >= 11 is 0. The molecule has 172 valence electrons. The van der Waals surface area contributed by atoms with Crippen molar-refractivity contribution in [2.24, 2.45) is 7.05 Å². The Kier molecular flexibility index (Phi) is 5.70. The third kappa shape index (κ3) is 4.27. The monoisotopic (exact) mass is 452 g/mol. The first-order chi connectivity index (χ1) is 16.0. The van der Waals surface area contributed by atoms with Crippen molar-refractivity contribution in [2.45, 2.75) is 44.8 Å². The second-order valence-electron chi connectivity index (χ2n) is 8.44. The summed E-state index contributed by atoms with van der Waals surface area (Å²) in [6, 6.07) is 5.66. The molecule has 0 spiro atoms. The Morgan fingerprint density at radius 1 is 1.12 bits per heavy atom. The minimum Gasteiger partial charge on any atom is -0.487 e. The molecular weight excluding hydrogens is 426 g/mol. The predicted octanol–water partition coefficient (Wildman–Crippen LogP) is 5.10. The van der Waals surface area contributed by atoms with Gasteiger partial charge in [-0.1, -0.05) is 0 Å². The second kappa shape index (κ2) is 8.80. The lowest BCUT2D eigenvalue weighted by Gasteiger charge is -2.29. The van der Waals surface area contributed by atoms with Gasteiger partial charge < -0.3 is 10.1 Å². The number of benzene rings is 1. The fraction of sp³-hybridized carbons (Fsp3) is 0.375. The fourth-order valence-electron chi connectivity index (χ4n) is 4.50. The van der Waals surface area contributed by atoms with Gasteiger partial charge in [-0.05, 0) is 44.7 Å². The summed E-state index contributed by atoms with van der Waals surface area (Å²) < 4.78 is 36.9. The van der Waals surface area contributed by atoms with Crippen LogP contribution in [0.5, 0.6) is 5.75 Å². The number of fused-ring (bicyclic) bond motifs is 1. The molecule has 0 saturated heterocycles. The average molecular weight is 453 g/mol. The van der Waals surface area contributed by atoms with Crippen molar-refractivity contribution in [1.29, 1.82) is 0 Å². The molecule has 4 aromatic rings. The molecule has 1 aliphatic carbocycles. The number of pyridine rings is 1. The summed E-state index contributed by atoms with van der Waals surface area (Å²) in [4.78, 5) is 4.55. The van der Waals surface area contributed by atoms with Crippen molar-refractivity contribution in [3.05, 3.63) is 54.5 Å². The maximum atomic E-state index is 14.0. The number of hydrogen-bond acceptors (Lipinski definition) is 5. The van der Waals surface area contributed by atoms with Crippen LogP contribution in [0.3, 0.4) is 0 Å². The van der Waals surface area contributed by atoms with E-state index in [9.17, 15) is 8.78 Å². The van der Waals surface area contributed by atoms with Gasteiger partial charge in [-0.25, -0.2) is 13.8 Å². The summed E-state index contributed by atoms with van der Waals surface area (Å²) in [7, 11) is 1.88. The van der Waals surface area contributed by atoms with E-state index in [2.05, 4.69) is 20.1 Å². The third-order valence-electron chi connectivity index (χ3n) is 6.11. The molecule has 7 nitrogen and oxygen atoms in total. The van der Waals surface area contributed by atoms with Crippen molar-refractivity contribution in [2.75, 3.05) is 11.9 Å². The van der Waals surface area contributed by atoms with Gasteiger partial charge in [0.15, 0.2) is 11.6 Å². The first-order valence-corrected chi connectivity index (χ1v) is 11.2. The zero-order valence-electron chi connectivity index (χ0n) is 18.6. The maximum absolute atomic E-state index is 14.0. The normalized spacial score (nSPS) is 18.5. The van der Waals surface area contributed by atoms with Gasteiger partial charge in [-0.15, -0.1) is 0 Å². The molecule has 1 N–H and O–H groups in total. The molecule has 3 aromatic heterocycles. The number of rotatable bonds is 6. The Hall–Kier alpha value is -3.49. The average Bonchev–Trinajstić information content (AvgIpc) is 3.40. The molecular formula is C24H26F2N6O. The maximum Gasteiger partial charge on any atom is 0.167 e. The highest BCUT2D eigenvalue weighted by Gasteiger charge is 2.27. The summed E-state index contributed by atoms with van der Waals surface area (Å²) in [6.07, 6.45) is 8.72. The third-order valence-corrected chi connectivity index (χ3v) is 6.11. The molecule has 0 amide bonds. The Morgan fingerprint density at radius 2 is 1.94 bits per heavy atom. The van der Waals surface area contributed by atoms with E-state index in [1.54, 1.807) is 4.68 Å². The Labute approximate surface area is 190 Å². The van der Waals surface area contributed by atoms with E-state index in [-0.39, 0.29) is 17.9 Å². The first-order valence-electron chi connectivity index (χ1n) is 11.2. The molecule has 33 heavy (non-hydrogen) atoms. The number of aromatic nitrogens is 5. The highest BCUT2D eigenvalue weighted by molar-refractivity contribution is 5.93. The summed E-state index contributed by atoms with van der Waals surface area (Å²) in [5.74, 6) is -0.359. The van der Waals surface area contributed by atoms with Crippen LogP contribution in [0.2, 0.25) is 0 Å². The lowest BCUT2D eigenvalue weighted by Crippen LogP contribution is -2.26. The van der Waals surface area contributed by atoms with Crippen LogP contribution in [0.4, 0.5) is 14.6 Å². The molecule has 1 aliphatic rings. The van der Waals surface area contributed by atoms with Crippen LogP contribution >= 0.6 is 0 Å². The van der Waals surface area contributed by atoms with E-state index in [0.717, 1.165) is 66.3 Å². The SMILES string of the molecule is CCNc1cc2c(cn1)c(-c1cnn(C)c1)nn2[C@H]1CC[C@@H](Oc2ccc(F)cc2F)CC1. The predicted molar refractivity (Wildman–Crippen MR) is 122 cm³/mol. The molecule has 1 saturated carbocycles. The van der Waals surface area contributed by atoms with Gasteiger partial charge in [0, 0.05) is 49.1 Å². The van der Waals surface area contributed by atoms with E-state index >= 15 is 0 Å². The molecule has 3 heterocycles. The molecule has 0 aliphatic heterocycles. The van der Waals surface area contributed by atoms with Crippen molar-refractivity contribution in [3.63, 3.8) is 0 Å². The van der Waals surface area contributed by atoms with Gasteiger partial charge in [-0.3, -0.25) is 9.36 Å². The molecule has 0 unspecified atom stereocenters. The quantitative estimate of drug-likeness (QED) is 0.441. The topological polar surface area (TPSA) is 69.8 Å². The smallest absolute Gasteiger partial charge is 0.167 e. The first kappa shape index (κ1) is 21.4. The Balaban J connectivity index is 1.40.